The van der Waals surface area contributed by atoms with Crippen molar-refractivity contribution in [2.24, 2.45) is 0 Å². The van der Waals surface area contributed by atoms with E-state index in [1.165, 1.54) is 0 Å². The molecule has 128 valence electrons. The quantitative estimate of drug-likeness (QED) is 0.825. The molecule has 2 aromatic heterocycles. The molecule has 0 unspecified atom stereocenters. The van der Waals surface area contributed by atoms with Gasteiger partial charge in [0.15, 0.2) is 0 Å². The number of H-pyrrole nitrogens is 1. The first-order valence-corrected chi connectivity index (χ1v) is 8.49. The number of rotatable bonds is 5. The molecule has 0 aliphatic carbocycles. The van der Waals surface area contributed by atoms with Crippen LogP contribution in [0.2, 0.25) is 0 Å². The summed E-state index contributed by atoms with van der Waals surface area (Å²) in [7, 11) is 0. The number of aromatic nitrogens is 2. The summed E-state index contributed by atoms with van der Waals surface area (Å²) in [5.74, 6) is -0.336. The van der Waals surface area contributed by atoms with Gasteiger partial charge in [-0.25, -0.2) is 9.78 Å². The Kier molecular flexibility index (Phi) is 5.03. The highest BCUT2D eigenvalue weighted by Gasteiger charge is 2.22. The average molecular weight is 328 g/mol. The number of allylic oxidation sites excluding steroid dienone is 1. The summed E-state index contributed by atoms with van der Waals surface area (Å²) in [6.07, 6.45) is 9.81. The lowest BCUT2D eigenvalue weighted by atomic mass is 10.0. The fourth-order valence-electron chi connectivity index (χ4n) is 3.20. The van der Waals surface area contributed by atoms with E-state index >= 15 is 0 Å². The number of hydrogen-bond acceptors (Lipinski definition) is 5. The lowest BCUT2D eigenvalue weighted by molar-refractivity contribution is 0.0527. The van der Waals surface area contributed by atoms with Crippen LogP contribution in [0.1, 0.15) is 37.0 Å². The number of carbonyl (C=O) groups is 1. The van der Waals surface area contributed by atoms with Gasteiger partial charge in [-0.3, -0.25) is 0 Å². The number of nitrogens with one attached hydrogen (secondary N) is 2. The summed E-state index contributed by atoms with van der Waals surface area (Å²) in [5, 5.41) is 4.49. The molecule has 0 spiro atoms. The number of hydrogen-bond donors (Lipinski definition) is 2. The second-order valence-electron chi connectivity index (χ2n) is 5.97. The molecule has 2 aromatic rings. The number of piperidine rings is 1. The molecule has 0 saturated carbocycles. The number of pyridine rings is 1. The minimum absolute atomic E-state index is 0.281. The van der Waals surface area contributed by atoms with Gasteiger partial charge >= 0.3 is 5.97 Å². The van der Waals surface area contributed by atoms with Gasteiger partial charge < -0.3 is 19.9 Å². The summed E-state index contributed by atoms with van der Waals surface area (Å²) >= 11 is 0. The molecule has 0 aromatic carbocycles. The van der Waals surface area contributed by atoms with E-state index in [9.17, 15) is 4.79 Å². The summed E-state index contributed by atoms with van der Waals surface area (Å²) in [6.45, 7) is 6.18. The van der Waals surface area contributed by atoms with Crippen molar-refractivity contribution in [3.63, 3.8) is 0 Å². The molecule has 0 radical (unpaired) electrons. The Bertz CT molecular complexity index is 738. The summed E-state index contributed by atoms with van der Waals surface area (Å²) in [6, 6.07) is 2.23. The molecule has 24 heavy (non-hydrogen) atoms. The maximum atomic E-state index is 12.3. The van der Waals surface area contributed by atoms with Gasteiger partial charge in [0.2, 0.25) is 0 Å². The van der Waals surface area contributed by atoms with Gasteiger partial charge in [0.05, 0.1) is 12.3 Å². The van der Waals surface area contributed by atoms with Crippen molar-refractivity contribution in [2.45, 2.75) is 32.7 Å². The van der Waals surface area contributed by atoms with Crippen molar-refractivity contribution >= 4 is 22.7 Å². The normalized spacial score (nSPS) is 18.2. The van der Waals surface area contributed by atoms with E-state index in [1.807, 2.05) is 26.1 Å². The van der Waals surface area contributed by atoms with Crippen LogP contribution in [-0.4, -0.2) is 46.6 Å². The Morgan fingerprint density at radius 1 is 1.58 bits per heavy atom. The third-order valence-electron chi connectivity index (χ3n) is 4.24. The van der Waals surface area contributed by atoms with E-state index in [1.54, 1.807) is 6.20 Å². The number of ether oxygens (including phenoxy) is 1. The van der Waals surface area contributed by atoms with E-state index in [2.05, 4.69) is 32.5 Å². The summed E-state index contributed by atoms with van der Waals surface area (Å²) in [4.78, 5) is 22.0. The maximum Gasteiger partial charge on any atom is 0.341 e. The van der Waals surface area contributed by atoms with E-state index in [4.69, 9.17) is 4.74 Å². The molecule has 1 aliphatic rings. The standard InChI is InChI=1S/C18H24N4O2/c1-3-9-22-10-5-6-13(12-22)21-16-14-7-8-19-17(14)20-11-15(16)18(23)24-4-2/h3,7-9,11,13H,4-6,10,12H2,1-2H3,(H2,19,20,21)/t13-/m1/s1. The molecule has 3 heterocycles. The fourth-order valence-corrected chi connectivity index (χ4v) is 3.20. The predicted molar refractivity (Wildman–Crippen MR) is 95.1 cm³/mol. The third kappa shape index (κ3) is 3.37. The van der Waals surface area contributed by atoms with Gasteiger partial charge in [-0.15, -0.1) is 0 Å². The van der Waals surface area contributed by atoms with Gasteiger partial charge in [0.1, 0.15) is 11.2 Å². The smallest absolute Gasteiger partial charge is 0.341 e. The van der Waals surface area contributed by atoms with Crippen LogP contribution in [0, 0.1) is 0 Å². The second kappa shape index (κ2) is 7.38. The molecule has 6 heteroatoms. The predicted octanol–water partition coefficient (Wildman–Crippen LogP) is 3.15. The van der Waals surface area contributed by atoms with Crippen LogP contribution in [0.5, 0.6) is 0 Å². The number of fused-ring (bicyclic) bond motifs is 1. The van der Waals surface area contributed by atoms with Crippen LogP contribution < -0.4 is 5.32 Å². The molecule has 3 rings (SSSR count). The van der Waals surface area contributed by atoms with Gasteiger partial charge in [-0.2, -0.15) is 0 Å². The van der Waals surface area contributed by atoms with Crippen molar-refractivity contribution in [1.29, 1.82) is 0 Å². The zero-order chi connectivity index (χ0) is 16.9. The number of anilines is 1. The largest absolute Gasteiger partial charge is 0.462 e. The highest BCUT2D eigenvalue weighted by atomic mass is 16.5. The van der Waals surface area contributed by atoms with Crippen LogP contribution >= 0.6 is 0 Å². The molecule has 6 nitrogen and oxygen atoms in total. The van der Waals surface area contributed by atoms with Crippen LogP contribution in [0.15, 0.2) is 30.7 Å². The van der Waals surface area contributed by atoms with Gasteiger partial charge in [-0.1, -0.05) is 6.08 Å². The molecule has 0 amide bonds. The van der Waals surface area contributed by atoms with Crippen LogP contribution in [0.25, 0.3) is 11.0 Å². The zero-order valence-corrected chi connectivity index (χ0v) is 14.2. The monoisotopic (exact) mass is 328 g/mol. The molecule has 1 fully saturated rings. The fraction of sp³-hybridized carbons (Fsp3) is 0.444. The average Bonchev–Trinajstić information content (AvgIpc) is 3.05. The number of esters is 1. The Morgan fingerprint density at radius 2 is 2.46 bits per heavy atom. The van der Waals surface area contributed by atoms with Crippen LogP contribution in [-0.2, 0) is 4.74 Å². The van der Waals surface area contributed by atoms with Gasteiger partial charge in [0.25, 0.3) is 0 Å². The minimum atomic E-state index is -0.336. The van der Waals surface area contributed by atoms with Crippen LogP contribution in [0.4, 0.5) is 5.69 Å². The summed E-state index contributed by atoms with van der Waals surface area (Å²) in [5.41, 5.74) is 2.07. The summed E-state index contributed by atoms with van der Waals surface area (Å²) < 4.78 is 5.19. The molecule has 1 saturated heterocycles. The van der Waals surface area contributed by atoms with Crippen molar-refractivity contribution in [3.05, 3.63) is 36.3 Å². The molecule has 2 N–H and O–H groups in total. The third-order valence-corrected chi connectivity index (χ3v) is 4.24. The maximum absolute atomic E-state index is 12.3. The molecule has 1 atom stereocenters. The highest BCUT2D eigenvalue weighted by Crippen LogP contribution is 2.28. The number of carbonyl (C=O) groups excluding carboxylic acids is 1. The van der Waals surface area contributed by atoms with E-state index in [0.717, 1.165) is 42.7 Å². The molecule has 0 bridgehead atoms. The first kappa shape index (κ1) is 16.4. The van der Waals surface area contributed by atoms with Gasteiger partial charge in [0, 0.05) is 36.9 Å². The Balaban J connectivity index is 1.90. The van der Waals surface area contributed by atoms with Crippen molar-refractivity contribution in [1.82, 2.24) is 14.9 Å². The first-order chi connectivity index (χ1) is 11.7. The molecular weight excluding hydrogens is 304 g/mol. The lowest BCUT2D eigenvalue weighted by Gasteiger charge is -2.33. The molecular formula is C18H24N4O2. The van der Waals surface area contributed by atoms with E-state index in [0.29, 0.717) is 12.2 Å². The first-order valence-electron chi connectivity index (χ1n) is 8.49. The van der Waals surface area contributed by atoms with E-state index < -0.39 is 0 Å². The highest BCUT2D eigenvalue weighted by molar-refractivity contribution is 6.04. The minimum Gasteiger partial charge on any atom is -0.462 e. The van der Waals surface area contributed by atoms with E-state index in [-0.39, 0.29) is 12.0 Å². The number of nitrogens with zero attached hydrogens (tertiary/aromatic N) is 2. The van der Waals surface area contributed by atoms with Crippen LogP contribution in [0.3, 0.4) is 0 Å². The molecule has 1 aliphatic heterocycles. The Hall–Kier alpha value is -2.50. The Morgan fingerprint density at radius 3 is 3.25 bits per heavy atom. The van der Waals surface area contributed by atoms with Crippen molar-refractivity contribution in [3.8, 4) is 0 Å². The second-order valence-corrected chi connectivity index (χ2v) is 5.97. The number of aromatic amines is 1. The Labute approximate surface area is 141 Å². The SMILES string of the molecule is CC=CN1CCC[C@@H](Nc2c(C(=O)OCC)cnc3[nH]ccc23)C1. The zero-order valence-electron chi connectivity index (χ0n) is 14.2. The van der Waals surface area contributed by atoms with Gasteiger partial charge in [-0.05, 0) is 39.0 Å². The topological polar surface area (TPSA) is 70.2 Å². The lowest BCUT2D eigenvalue weighted by Crippen LogP contribution is -2.39. The van der Waals surface area contributed by atoms with Crippen molar-refractivity contribution in [2.75, 3.05) is 25.0 Å². The van der Waals surface area contributed by atoms with Crippen molar-refractivity contribution < 1.29 is 9.53 Å². The number of likely N-dealkylation sites (tertiary alicyclic amines) is 1.